The van der Waals surface area contributed by atoms with Gasteiger partial charge in [0.05, 0.1) is 6.54 Å². The molecule has 0 spiro atoms. The van der Waals surface area contributed by atoms with Crippen LogP contribution in [0.2, 0.25) is 0 Å². The molecule has 17 heavy (non-hydrogen) atoms. The third kappa shape index (κ3) is 2.21. The van der Waals surface area contributed by atoms with Crippen LogP contribution in [-0.4, -0.2) is 51.7 Å². The van der Waals surface area contributed by atoms with Gasteiger partial charge < -0.3 is 4.52 Å². The number of nitrogens with zero attached hydrogens (tertiary/aromatic N) is 4. The van der Waals surface area contributed by atoms with Crippen LogP contribution in [0.15, 0.2) is 10.9 Å². The van der Waals surface area contributed by atoms with Crippen molar-refractivity contribution in [1.82, 2.24) is 19.9 Å². The van der Waals surface area contributed by atoms with Gasteiger partial charge in [-0.3, -0.25) is 9.80 Å². The highest BCUT2D eigenvalue weighted by Crippen LogP contribution is 2.26. The van der Waals surface area contributed by atoms with E-state index in [9.17, 15) is 0 Å². The highest BCUT2D eigenvalue weighted by atomic mass is 16.5. The van der Waals surface area contributed by atoms with Gasteiger partial charge in [0.1, 0.15) is 0 Å². The van der Waals surface area contributed by atoms with Crippen molar-refractivity contribution in [3.05, 3.63) is 12.2 Å². The molecule has 0 aromatic carbocycles. The Morgan fingerprint density at radius 3 is 3.18 bits per heavy atom. The Balaban J connectivity index is 1.69. The number of piperazine rings is 1. The van der Waals surface area contributed by atoms with Gasteiger partial charge in [-0.05, 0) is 25.8 Å². The summed E-state index contributed by atoms with van der Waals surface area (Å²) in [6, 6.07) is 1.40. The molecule has 2 unspecified atom stereocenters. The predicted molar refractivity (Wildman–Crippen MR) is 63.4 cm³/mol. The van der Waals surface area contributed by atoms with Gasteiger partial charge in [0, 0.05) is 25.2 Å². The van der Waals surface area contributed by atoms with Crippen molar-refractivity contribution in [2.45, 2.75) is 44.8 Å². The van der Waals surface area contributed by atoms with E-state index in [0.29, 0.717) is 6.04 Å². The average Bonchev–Trinajstić information content (AvgIpc) is 2.98. The summed E-state index contributed by atoms with van der Waals surface area (Å²) in [5, 5.41) is 3.92. The summed E-state index contributed by atoms with van der Waals surface area (Å²) >= 11 is 0. The largest absolute Gasteiger partial charge is 0.343 e. The van der Waals surface area contributed by atoms with E-state index in [4.69, 9.17) is 4.52 Å². The van der Waals surface area contributed by atoms with Crippen molar-refractivity contribution in [3.63, 3.8) is 0 Å². The molecule has 2 saturated heterocycles. The maximum Gasteiger partial charge on any atom is 0.213 e. The summed E-state index contributed by atoms with van der Waals surface area (Å²) in [4.78, 5) is 9.31. The van der Waals surface area contributed by atoms with E-state index in [-0.39, 0.29) is 0 Å². The Morgan fingerprint density at radius 2 is 2.41 bits per heavy atom. The molecule has 1 aromatic rings. The van der Waals surface area contributed by atoms with Gasteiger partial charge in [-0.25, -0.2) is 0 Å². The van der Waals surface area contributed by atoms with Crippen molar-refractivity contribution in [1.29, 1.82) is 0 Å². The second-order valence-corrected chi connectivity index (χ2v) is 5.13. The summed E-state index contributed by atoms with van der Waals surface area (Å²) in [6.45, 7) is 6.76. The van der Waals surface area contributed by atoms with Crippen LogP contribution < -0.4 is 0 Å². The van der Waals surface area contributed by atoms with Crippen molar-refractivity contribution in [3.8, 4) is 0 Å². The maximum absolute atomic E-state index is 4.81. The van der Waals surface area contributed by atoms with E-state index >= 15 is 0 Å². The summed E-state index contributed by atoms with van der Waals surface area (Å²) < 4.78 is 4.81. The van der Waals surface area contributed by atoms with E-state index in [1.165, 1.54) is 38.7 Å². The van der Waals surface area contributed by atoms with Crippen LogP contribution in [0.1, 0.15) is 32.0 Å². The van der Waals surface area contributed by atoms with E-state index in [1.54, 1.807) is 0 Å². The van der Waals surface area contributed by atoms with Crippen LogP contribution in [0.5, 0.6) is 0 Å². The monoisotopic (exact) mass is 236 g/mol. The van der Waals surface area contributed by atoms with Gasteiger partial charge in [0.15, 0.2) is 5.82 Å². The fourth-order valence-corrected chi connectivity index (χ4v) is 3.17. The molecule has 94 valence electrons. The van der Waals surface area contributed by atoms with Gasteiger partial charge in [-0.15, -0.1) is 0 Å². The molecule has 0 aliphatic carbocycles. The van der Waals surface area contributed by atoms with E-state index < -0.39 is 0 Å². The molecule has 2 aliphatic heterocycles. The Bertz CT molecular complexity index is 353. The topological polar surface area (TPSA) is 45.4 Å². The predicted octanol–water partition coefficient (Wildman–Crippen LogP) is 1.13. The van der Waals surface area contributed by atoms with Crippen molar-refractivity contribution in [2.24, 2.45) is 0 Å². The highest BCUT2D eigenvalue weighted by molar-refractivity contribution is 4.93. The highest BCUT2D eigenvalue weighted by Gasteiger charge is 2.35. The number of hydrogen-bond donors (Lipinski definition) is 0. The first-order chi connectivity index (χ1) is 8.36. The summed E-state index contributed by atoms with van der Waals surface area (Å²) in [6.07, 6.45) is 5.32. The zero-order chi connectivity index (χ0) is 11.7. The van der Waals surface area contributed by atoms with Crippen LogP contribution in [0.3, 0.4) is 0 Å². The zero-order valence-electron chi connectivity index (χ0n) is 10.4. The van der Waals surface area contributed by atoms with Gasteiger partial charge in [0.25, 0.3) is 0 Å². The molecule has 1 aromatic heterocycles. The molecule has 5 nitrogen and oxygen atoms in total. The molecule has 3 heterocycles. The summed E-state index contributed by atoms with van der Waals surface area (Å²) in [7, 11) is 0. The Labute approximate surface area is 102 Å². The van der Waals surface area contributed by atoms with Gasteiger partial charge >= 0.3 is 0 Å². The van der Waals surface area contributed by atoms with Crippen LogP contribution >= 0.6 is 0 Å². The van der Waals surface area contributed by atoms with Gasteiger partial charge in [-0.1, -0.05) is 12.1 Å². The van der Waals surface area contributed by atoms with Crippen LogP contribution in [0.4, 0.5) is 0 Å². The number of hydrogen-bond acceptors (Lipinski definition) is 5. The molecule has 2 atom stereocenters. The second kappa shape index (κ2) is 4.74. The minimum Gasteiger partial charge on any atom is -0.343 e. The summed E-state index contributed by atoms with van der Waals surface area (Å²) in [5.41, 5.74) is 0. The first-order valence-corrected chi connectivity index (χ1v) is 6.60. The molecule has 0 saturated carbocycles. The minimum atomic E-state index is 0.642. The molecular formula is C12H20N4O. The Morgan fingerprint density at radius 1 is 1.47 bits per heavy atom. The quantitative estimate of drug-likeness (QED) is 0.787. The minimum absolute atomic E-state index is 0.642. The van der Waals surface area contributed by atoms with Crippen LogP contribution in [0.25, 0.3) is 0 Å². The second-order valence-electron chi connectivity index (χ2n) is 5.13. The molecule has 0 amide bonds. The fraction of sp³-hybridized carbons (Fsp3) is 0.833. The molecule has 3 rings (SSSR count). The first-order valence-electron chi connectivity index (χ1n) is 6.60. The normalized spacial score (nSPS) is 30.6. The molecule has 0 bridgehead atoms. The lowest BCUT2D eigenvalue weighted by Crippen LogP contribution is -2.55. The third-order valence-electron chi connectivity index (χ3n) is 4.13. The van der Waals surface area contributed by atoms with Crippen LogP contribution in [-0.2, 0) is 6.54 Å². The fourth-order valence-electron chi connectivity index (χ4n) is 3.17. The standard InChI is InChI=1S/C12H20N4O/c1-2-10-6-15-5-3-4-11(15)7-16(10)8-12-13-9-17-14-12/h9-11H,2-8H2,1H3. The number of fused-ring (bicyclic) bond motifs is 1. The first kappa shape index (κ1) is 11.2. The molecular weight excluding hydrogens is 216 g/mol. The van der Waals surface area contributed by atoms with Crippen LogP contribution in [0, 0.1) is 0 Å². The molecule has 2 aliphatic rings. The smallest absolute Gasteiger partial charge is 0.213 e. The van der Waals surface area contributed by atoms with E-state index in [0.717, 1.165) is 25.0 Å². The summed E-state index contributed by atoms with van der Waals surface area (Å²) in [5.74, 6) is 0.815. The molecule has 5 heteroatoms. The molecule has 2 fully saturated rings. The molecule has 0 N–H and O–H groups in total. The lowest BCUT2D eigenvalue weighted by molar-refractivity contribution is 0.0415. The zero-order valence-corrected chi connectivity index (χ0v) is 10.4. The Kier molecular flexibility index (Phi) is 3.11. The van der Waals surface area contributed by atoms with Gasteiger partial charge in [-0.2, -0.15) is 4.98 Å². The third-order valence-corrected chi connectivity index (χ3v) is 4.13. The average molecular weight is 236 g/mol. The number of aromatic nitrogens is 2. The van der Waals surface area contributed by atoms with Crippen molar-refractivity contribution in [2.75, 3.05) is 19.6 Å². The SMILES string of the molecule is CCC1CN2CCCC2CN1Cc1ncon1. The maximum atomic E-state index is 4.81. The van der Waals surface area contributed by atoms with Gasteiger partial charge in [0.2, 0.25) is 6.39 Å². The van der Waals surface area contributed by atoms with Crippen molar-refractivity contribution >= 4 is 0 Å². The number of rotatable bonds is 3. The van der Waals surface area contributed by atoms with E-state index in [1.807, 2.05) is 0 Å². The van der Waals surface area contributed by atoms with Crippen molar-refractivity contribution < 1.29 is 4.52 Å². The lowest BCUT2D eigenvalue weighted by atomic mass is 10.1. The van der Waals surface area contributed by atoms with E-state index in [2.05, 4.69) is 26.9 Å². The lowest BCUT2D eigenvalue weighted by Gasteiger charge is -2.43. The Hall–Kier alpha value is -0.940. The molecule has 0 radical (unpaired) electrons.